The number of carbonyl (C=O) groups is 1. The van der Waals surface area contributed by atoms with Crippen LogP contribution in [0.3, 0.4) is 0 Å². The second kappa shape index (κ2) is 6.44. The number of halogens is 1. The molecule has 0 aliphatic heterocycles. The molecule has 2 rings (SSSR count). The summed E-state index contributed by atoms with van der Waals surface area (Å²) in [6.45, 7) is 1.97. The first-order valence-corrected chi connectivity index (χ1v) is 6.82. The van der Waals surface area contributed by atoms with E-state index in [4.69, 9.17) is 17.3 Å². The van der Waals surface area contributed by atoms with Crippen molar-refractivity contribution in [3.8, 4) is 0 Å². The maximum absolute atomic E-state index is 11.7. The lowest BCUT2D eigenvalue weighted by molar-refractivity contribution is -0.119. The van der Waals surface area contributed by atoms with Crippen molar-refractivity contribution in [2.75, 3.05) is 5.32 Å². The van der Waals surface area contributed by atoms with E-state index < -0.39 is 11.9 Å². The number of nitrogens with one attached hydrogen (secondary N) is 1. The highest BCUT2D eigenvalue weighted by Gasteiger charge is 2.24. The predicted molar refractivity (Wildman–Crippen MR) is 82.9 cm³/mol. The van der Waals surface area contributed by atoms with Gasteiger partial charge < -0.3 is 11.1 Å². The van der Waals surface area contributed by atoms with Crippen LogP contribution in [0.5, 0.6) is 0 Å². The monoisotopic (exact) mass is 288 g/mol. The Hall–Kier alpha value is -2.00. The maximum atomic E-state index is 11.7. The molecule has 0 aromatic heterocycles. The van der Waals surface area contributed by atoms with Crippen LogP contribution in [0.25, 0.3) is 0 Å². The van der Waals surface area contributed by atoms with Gasteiger partial charge in [0.05, 0.1) is 10.7 Å². The number of hydrogen-bond donors (Lipinski definition) is 2. The molecule has 0 saturated heterocycles. The van der Waals surface area contributed by atoms with Gasteiger partial charge in [-0.05, 0) is 17.7 Å². The summed E-state index contributed by atoms with van der Waals surface area (Å²) in [5, 5.41) is 3.71. The zero-order valence-corrected chi connectivity index (χ0v) is 12.0. The molecule has 0 bridgehead atoms. The van der Waals surface area contributed by atoms with Crippen molar-refractivity contribution in [1.29, 1.82) is 0 Å². The number of benzene rings is 2. The summed E-state index contributed by atoms with van der Waals surface area (Å²) < 4.78 is 0. The van der Waals surface area contributed by atoms with Gasteiger partial charge >= 0.3 is 0 Å². The van der Waals surface area contributed by atoms with E-state index in [1.54, 1.807) is 6.07 Å². The van der Waals surface area contributed by atoms with Crippen molar-refractivity contribution in [3.05, 3.63) is 65.2 Å². The molecule has 2 atom stereocenters. The molecular weight excluding hydrogens is 272 g/mol. The van der Waals surface area contributed by atoms with Crippen molar-refractivity contribution in [2.24, 2.45) is 5.73 Å². The van der Waals surface area contributed by atoms with Crippen molar-refractivity contribution in [2.45, 2.75) is 18.9 Å². The van der Waals surface area contributed by atoms with E-state index in [0.717, 1.165) is 5.56 Å². The van der Waals surface area contributed by atoms with E-state index in [-0.39, 0.29) is 5.92 Å². The van der Waals surface area contributed by atoms with E-state index >= 15 is 0 Å². The number of rotatable bonds is 5. The van der Waals surface area contributed by atoms with Crippen LogP contribution in [0.2, 0.25) is 5.02 Å². The molecule has 0 spiro atoms. The van der Waals surface area contributed by atoms with E-state index in [2.05, 4.69) is 5.32 Å². The van der Waals surface area contributed by atoms with E-state index in [1.165, 1.54) is 0 Å². The van der Waals surface area contributed by atoms with Gasteiger partial charge in [0.15, 0.2) is 0 Å². The Bertz CT molecular complexity index is 586. The summed E-state index contributed by atoms with van der Waals surface area (Å²) in [5.41, 5.74) is 7.29. The maximum Gasteiger partial charge on any atom is 0.240 e. The number of carbonyl (C=O) groups excluding carboxylic acids is 1. The van der Waals surface area contributed by atoms with Gasteiger partial charge in [0.1, 0.15) is 6.04 Å². The highest BCUT2D eigenvalue weighted by molar-refractivity contribution is 6.33. The van der Waals surface area contributed by atoms with Gasteiger partial charge in [-0.15, -0.1) is 0 Å². The van der Waals surface area contributed by atoms with Crippen LogP contribution in [0.15, 0.2) is 54.6 Å². The molecule has 104 valence electrons. The van der Waals surface area contributed by atoms with Gasteiger partial charge in [-0.1, -0.05) is 61.0 Å². The fourth-order valence-electron chi connectivity index (χ4n) is 2.14. The second-order valence-electron chi connectivity index (χ2n) is 4.70. The van der Waals surface area contributed by atoms with Crippen LogP contribution in [-0.2, 0) is 4.79 Å². The van der Waals surface area contributed by atoms with Crippen molar-refractivity contribution < 1.29 is 4.79 Å². The predicted octanol–water partition coefficient (Wildman–Crippen LogP) is 3.41. The van der Waals surface area contributed by atoms with Crippen LogP contribution >= 0.6 is 11.6 Å². The lowest BCUT2D eigenvalue weighted by Gasteiger charge is -2.24. The topological polar surface area (TPSA) is 55.1 Å². The third-order valence-corrected chi connectivity index (χ3v) is 3.65. The Labute approximate surface area is 123 Å². The Morgan fingerprint density at radius 1 is 1.10 bits per heavy atom. The van der Waals surface area contributed by atoms with Crippen LogP contribution in [0, 0.1) is 0 Å². The van der Waals surface area contributed by atoms with Crippen molar-refractivity contribution in [3.63, 3.8) is 0 Å². The smallest absolute Gasteiger partial charge is 0.240 e. The quantitative estimate of drug-likeness (QED) is 0.886. The molecular formula is C16H17ClN2O. The standard InChI is InChI=1S/C16H17ClN2O/c1-11(12-7-3-2-4-8-12)15(16(18)20)19-14-10-6-5-9-13(14)17/h2-11,15,19H,1H3,(H2,18,20). The summed E-state index contributed by atoms with van der Waals surface area (Å²) >= 11 is 6.11. The summed E-state index contributed by atoms with van der Waals surface area (Å²) in [6.07, 6.45) is 0. The molecule has 0 radical (unpaired) electrons. The highest BCUT2D eigenvalue weighted by atomic mass is 35.5. The summed E-state index contributed by atoms with van der Waals surface area (Å²) in [5.74, 6) is -0.453. The second-order valence-corrected chi connectivity index (χ2v) is 5.11. The third kappa shape index (κ3) is 3.31. The summed E-state index contributed by atoms with van der Waals surface area (Å²) in [6, 6.07) is 16.6. The summed E-state index contributed by atoms with van der Waals surface area (Å²) in [4.78, 5) is 11.7. The number of para-hydroxylation sites is 1. The van der Waals surface area contributed by atoms with Gasteiger partial charge in [-0.25, -0.2) is 0 Å². The molecule has 3 nitrogen and oxygen atoms in total. The summed E-state index contributed by atoms with van der Waals surface area (Å²) in [7, 11) is 0. The van der Waals surface area contributed by atoms with E-state index in [1.807, 2.05) is 55.5 Å². The first-order chi connectivity index (χ1) is 9.59. The lowest BCUT2D eigenvalue weighted by atomic mass is 9.92. The number of primary amides is 1. The number of hydrogen-bond acceptors (Lipinski definition) is 2. The molecule has 2 aromatic carbocycles. The zero-order chi connectivity index (χ0) is 14.5. The van der Waals surface area contributed by atoms with Crippen molar-refractivity contribution in [1.82, 2.24) is 0 Å². The molecule has 4 heteroatoms. The Balaban J connectivity index is 2.24. The molecule has 20 heavy (non-hydrogen) atoms. The van der Waals surface area contributed by atoms with Crippen LogP contribution in [0.4, 0.5) is 5.69 Å². The van der Waals surface area contributed by atoms with E-state index in [9.17, 15) is 4.79 Å². The lowest BCUT2D eigenvalue weighted by Crippen LogP contribution is -2.39. The van der Waals surface area contributed by atoms with Gasteiger partial charge in [0, 0.05) is 5.92 Å². The fraction of sp³-hybridized carbons (Fsp3) is 0.188. The number of anilines is 1. The minimum Gasteiger partial charge on any atom is -0.372 e. The molecule has 3 N–H and O–H groups in total. The highest BCUT2D eigenvalue weighted by Crippen LogP contribution is 2.26. The van der Waals surface area contributed by atoms with E-state index in [0.29, 0.717) is 10.7 Å². The number of nitrogens with two attached hydrogens (primary N) is 1. The third-order valence-electron chi connectivity index (χ3n) is 3.32. The SMILES string of the molecule is CC(c1ccccc1)C(Nc1ccccc1Cl)C(N)=O. The van der Waals surface area contributed by atoms with Crippen molar-refractivity contribution >= 4 is 23.2 Å². The van der Waals surface area contributed by atoms with Crippen LogP contribution in [-0.4, -0.2) is 11.9 Å². The van der Waals surface area contributed by atoms with Crippen LogP contribution in [0.1, 0.15) is 18.4 Å². The normalized spacial score (nSPS) is 13.5. The Morgan fingerprint density at radius 3 is 2.30 bits per heavy atom. The average Bonchev–Trinajstić information content (AvgIpc) is 2.46. The first kappa shape index (κ1) is 14.4. The van der Waals surface area contributed by atoms with Gasteiger partial charge in [-0.3, -0.25) is 4.79 Å². The Kier molecular flexibility index (Phi) is 4.64. The number of amides is 1. The largest absolute Gasteiger partial charge is 0.372 e. The Morgan fingerprint density at radius 2 is 1.70 bits per heavy atom. The fourth-order valence-corrected chi connectivity index (χ4v) is 2.33. The van der Waals surface area contributed by atoms with Gasteiger partial charge in [-0.2, -0.15) is 0 Å². The molecule has 0 aliphatic carbocycles. The minimum atomic E-state index is -0.516. The molecule has 2 aromatic rings. The first-order valence-electron chi connectivity index (χ1n) is 6.45. The van der Waals surface area contributed by atoms with Gasteiger partial charge in [0.25, 0.3) is 0 Å². The molecule has 0 saturated carbocycles. The molecule has 1 amide bonds. The molecule has 0 aliphatic rings. The molecule has 0 heterocycles. The zero-order valence-electron chi connectivity index (χ0n) is 11.2. The van der Waals surface area contributed by atoms with Gasteiger partial charge in [0.2, 0.25) is 5.91 Å². The minimum absolute atomic E-state index is 0.0510. The van der Waals surface area contributed by atoms with Crippen LogP contribution < -0.4 is 11.1 Å². The molecule has 2 unspecified atom stereocenters. The molecule has 0 fully saturated rings. The average molecular weight is 289 g/mol.